The molecule has 156 valence electrons. The number of halogens is 1. The molecule has 0 bridgehead atoms. The molecule has 0 atom stereocenters. The third-order valence-electron chi connectivity index (χ3n) is 4.78. The van der Waals surface area contributed by atoms with E-state index in [1.54, 1.807) is 31.3 Å². The van der Waals surface area contributed by atoms with Gasteiger partial charge in [0.1, 0.15) is 0 Å². The molecule has 0 saturated carbocycles. The molecule has 1 fully saturated rings. The van der Waals surface area contributed by atoms with Crippen molar-refractivity contribution in [3.63, 3.8) is 0 Å². The van der Waals surface area contributed by atoms with Crippen LogP contribution in [-0.4, -0.2) is 68.7 Å². The highest BCUT2D eigenvalue weighted by Gasteiger charge is 2.28. The number of hydrogen-bond acceptors (Lipinski definition) is 4. The van der Waals surface area contributed by atoms with Crippen LogP contribution in [0.3, 0.4) is 0 Å². The summed E-state index contributed by atoms with van der Waals surface area (Å²) in [6.45, 7) is 9.37. The lowest BCUT2D eigenvalue weighted by Crippen LogP contribution is -2.56. The first-order chi connectivity index (χ1) is 13.4. The summed E-state index contributed by atoms with van der Waals surface area (Å²) in [6, 6.07) is 7.10. The van der Waals surface area contributed by atoms with E-state index in [-0.39, 0.29) is 11.4 Å². The Bertz CT molecular complexity index is 643. The molecule has 28 heavy (non-hydrogen) atoms. The number of anilines is 1. The summed E-state index contributed by atoms with van der Waals surface area (Å²) in [5.41, 5.74) is 0.769. The van der Waals surface area contributed by atoms with Gasteiger partial charge in [-0.05, 0) is 44.5 Å². The van der Waals surface area contributed by atoms with Crippen LogP contribution in [0.5, 0.6) is 0 Å². The van der Waals surface area contributed by atoms with Crippen LogP contribution >= 0.6 is 11.6 Å². The minimum atomic E-state index is -0.0134. The van der Waals surface area contributed by atoms with Gasteiger partial charge in [0.05, 0.1) is 13.2 Å². The first kappa shape index (κ1) is 22.5. The molecule has 0 unspecified atom stereocenters. The molecule has 0 radical (unpaired) electrons. The average molecular weight is 410 g/mol. The molecule has 7 nitrogen and oxygen atoms in total. The van der Waals surface area contributed by atoms with Crippen molar-refractivity contribution in [1.29, 1.82) is 0 Å². The first-order valence-corrected chi connectivity index (χ1v) is 10.1. The van der Waals surface area contributed by atoms with Crippen LogP contribution in [-0.2, 0) is 9.53 Å². The number of nitrogens with one attached hydrogen (secondary N) is 3. The quantitative estimate of drug-likeness (QED) is 0.349. The van der Waals surface area contributed by atoms with Crippen LogP contribution < -0.4 is 16.0 Å². The van der Waals surface area contributed by atoms with Gasteiger partial charge in [-0.3, -0.25) is 14.7 Å². The molecule has 8 heteroatoms. The second kappa shape index (κ2) is 11.2. The minimum Gasteiger partial charge on any atom is -0.379 e. The molecule has 1 aliphatic rings. The summed E-state index contributed by atoms with van der Waals surface area (Å²) in [7, 11) is 1.75. The molecule has 0 spiro atoms. The molecule has 1 saturated heterocycles. The van der Waals surface area contributed by atoms with E-state index in [4.69, 9.17) is 16.3 Å². The first-order valence-electron chi connectivity index (χ1n) is 9.73. The predicted octanol–water partition coefficient (Wildman–Crippen LogP) is 2.33. The molecular weight excluding hydrogens is 378 g/mol. The Hall–Kier alpha value is -1.83. The standard InChI is InChI=1S/C20H32ClN5O2/c1-20(2,26-11-13-28-14-12-26)15-24-19(22-3)23-10-4-5-18(27)25-17-8-6-16(21)7-9-17/h6-9H,4-5,10-15H2,1-3H3,(H,25,27)(H2,22,23,24). The van der Waals surface area contributed by atoms with E-state index in [2.05, 4.69) is 39.7 Å². The molecule has 0 aliphatic carbocycles. The van der Waals surface area contributed by atoms with Crippen molar-refractivity contribution < 1.29 is 9.53 Å². The number of nitrogens with zero attached hydrogens (tertiary/aromatic N) is 2. The van der Waals surface area contributed by atoms with Crippen LogP contribution in [0.2, 0.25) is 5.02 Å². The molecule has 1 aromatic carbocycles. The van der Waals surface area contributed by atoms with Crippen LogP contribution in [0.4, 0.5) is 5.69 Å². The van der Waals surface area contributed by atoms with Crippen LogP contribution in [0, 0.1) is 0 Å². The number of carbonyl (C=O) groups excluding carboxylic acids is 1. The molecule has 0 aromatic heterocycles. The number of hydrogen-bond donors (Lipinski definition) is 3. The SMILES string of the molecule is CN=C(NCCCC(=O)Nc1ccc(Cl)cc1)NCC(C)(C)N1CCOCC1. The van der Waals surface area contributed by atoms with Gasteiger partial charge >= 0.3 is 0 Å². The van der Waals surface area contributed by atoms with E-state index >= 15 is 0 Å². The number of amides is 1. The van der Waals surface area contributed by atoms with Gasteiger partial charge in [-0.2, -0.15) is 0 Å². The number of rotatable bonds is 8. The van der Waals surface area contributed by atoms with Gasteiger partial charge in [0.15, 0.2) is 5.96 Å². The smallest absolute Gasteiger partial charge is 0.224 e. The fourth-order valence-corrected chi connectivity index (χ4v) is 3.14. The fraction of sp³-hybridized carbons (Fsp3) is 0.600. The van der Waals surface area contributed by atoms with Crippen molar-refractivity contribution >= 4 is 29.2 Å². The Morgan fingerprint density at radius 2 is 1.89 bits per heavy atom. The van der Waals surface area contributed by atoms with E-state index < -0.39 is 0 Å². The Morgan fingerprint density at radius 3 is 2.54 bits per heavy atom. The maximum Gasteiger partial charge on any atom is 0.224 e. The summed E-state index contributed by atoms with van der Waals surface area (Å²) in [6.07, 6.45) is 1.15. The zero-order chi connectivity index (χ0) is 20.4. The van der Waals surface area contributed by atoms with Crippen molar-refractivity contribution in [2.24, 2.45) is 4.99 Å². The van der Waals surface area contributed by atoms with Crippen LogP contribution in [0.15, 0.2) is 29.3 Å². The van der Waals surface area contributed by atoms with Gasteiger partial charge in [0, 0.05) is 55.9 Å². The molecule has 2 rings (SSSR count). The zero-order valence-electron chi connectivity index (χ0n) is 17.1. The van der Waals surface area contributed by atoms with E-state index in [0.29, 0.717) is 24.4 Å². The lowest BCUT2D eigenvalue weighted by Gasteiger charge is -2.41. The van der Waals surface area contributed by atoms with Gasteiger partial charge in [0.25, 0.3) is 0 Å². The zero-order valence-corrected chi connectivity index (χ0v) is 17.8. The molecule has 3 N–H and O–H groups in total. The fourth-order valence-electron chi connectivity index (χ4n) is 3.01. The topological polar surface area (TPSA) is 78.0 Å². The van der Waals surface area contributed by atoms with Gasteiger partial charge < -0.3 is 20.7 Å². The highest BCUT2D eigenvalue weighted by molar-refractivity contribution is 6.30. The maximum absolute atomic E-state index is 12.0. The van der Waals surface area contributed by atoms with Crippen molar-refractivity contribution in [3.05, 3.63) is 29.3 Å². The number of carbonyl (C=O) groups is 1. The third-order valence-corrected chi connectivity index (χ3v) is 5.03. The van der Waals surface area contributed by atoms with Crippen molar-refractivity contribution in [2.75, 3.05) is 51.8 Å². The molecule has 1 amide bonds. The predicted molar refractivity (Wildman–Crippen MR) is 115 cm³/mol. The second-order valence-electron chi connectivity index (χ2n) is 7.42. The monoisotopic (exact) mass is 409 g/mol. The number of morpholine rings is 1. The summed E-state index contributed by atoms with van der Waals surface area (Å²) in [5, 5.41) is 10.2. The van der Waals surface area contributed by atoms with Crippen molar-refractivity contribution in [2.45, 2.75) is 32.2 Å². The summed E-state index contributed by atoms with van der Waals surface area (Å²) in [5.74, 6) is 0.736. The summed E-state index contributed by atoms with van der Waals surface area (Å²) < 4.78 is 5.43. The normalized spacial score (nSPS) is 15.9. The maximum atomic E-state index is 12.0. The van der Waals surface area contributed by atoms with Crippen molar-refractivity contribution in [3.8, 4) is 0 Å². The summed E-state index contributed by atoms with van der Waals surface area (Å²) in [4.78, 5) is 18.7. The molecule has 1 aromatic rings. The van der Waals surface area contributed by atoms with Gasteiger partial charge in [-0.15, -0.1) is 0 Å². The minimum absolute atomic E-state index is 0.0134. The Balaban J connectivity index is 1.65. The van der Waals surface area contributed by atoms with Gasteiger partial charge in [-0.25, -0.2) is 0 Å². The summed E-state index contributed by atoms with van der Waals surface area (Å²) >= 11 is 5.85. The Kier molecular flexibility index (Phi) is 9.02. The van der Waals surface area contributed by atoms with Crippen LogP contribution in [0.1, 0.15) is 26.7 Å². The van der Waals surface area contributed by atoms with E-state index in [9.17, 15) is 4.79 Å². The molecular formula is C20H32ClN5O2. The average Bonchev–Trinajstić information content (AvgIpc) is 2.70. The highest BCUT2D eigenvalue weighted by atomic mass is 35.5. The number of benzene rings is 1. The number of guanidine groups is 1. The number of aliphatic imine (C=N–C) groups is 1. The number of ether oxygens (including phenoxy) is 1. The van der Waals surface area contributed by atoms with Crippen molar-refractivity contribution in [1.82, 2.24) is 15.5 Å². The van der Waals surface area contributed by atoms with Gasteiger partial charge in [0.2, 0.25) is 5.91 Å². The van der Waals surface area contributed by atoms with Crippen LogP contribution in [0.25, 0.3) is 0 Å². The second-order valence-corrected chi connectivity index (χ2v) is 7.86. The van der Waals surface area contributed by atoms with E-state index in [0.717, 1.165) is 44.5 Å². The largest absolute Gasteiger partial charge is 0.379 e. The highest BCUT2D eigenvalue weighted by Crippen LogP contribution is 2.15. The molecule has 1 aliphatic heterocycles. The Labute approximate surface area is 172 Å². The lowest BCUT2D eigenvalue weighted by atomic mass is 10.0. The lowest BCUT2D eigenvalue weighted by molar-refractivity contribution is -0.116. The van der Waals surface area contributed by atoms with E-state index in [1.165, 1.54) is 0 Å². The van der Waals surface area contributed by atoms with Gasteiger partial charge in [-0.1, -0.05) is 11.6 Å². The third kappa shape index (κ3) is 7.66. The Morgan fingerprint density at radius 1 is 1.21 bits per heavy atom. The molecule has 1 heterocycles. The van der Waals surface area contributed by atoms with E-state index in [1.807, 2.05) is 0 Å².